The molecule has 4 unspecified atom stereocenters. The lowest BCUT2D eigenvalue weighted by Crippen LogP contribution is -2.67. The molecule has 1 amide bonds. The highest BCUT2D eigenvalue weighted by Gasteiger charge is 2.48. The van der Waals surface area contributed by atoms with Crippen LogP contribution < -0.4 is 16.0 Å². The molecule has 0 radical (unpaired) electrons. The summed E-state index contributed by atoms with van der Waals surface area (Å²) in [6.45, 7) is 1.79. The molecule has 1 fully saturated rings. The fourth-order valence-corrected chi connectivity index (χ4v) is 5.16. The number of benzene rings is 2. The first kappa shape index (κ1) is 21.4. The normalized spacial score (nSPS) is 25.3. The lowest BCUT2D eigenvalue weighted by molar-refractivity contribution is -0.137. The summed E-state index contributed by atoms with van der Waals surface area (Å²) in [6.07, 6.45) is -0.384. The van der Waals surface area contributed by atoms with Gasteiger partial charge in [-0.2, -0.15) is 0 Å². The number of rotatable bonds is 5. The maximum Gasteiger partial charge on any atom is 0.336 e. The predicted octanol–water partition coefficient (Wildman–Crippen LogP) is 2.84. The van der Waals surface area contributed by atoms with Gasteiger partial charge < -0.3 is 15.4 Å². The molecule has 2 aromatic carbocycles. The van der Waals surface area contributed by atoms with Gasteiger partial charge in [0.1, 0.15) is 11.3 Å². The molecule has 0 bridgehead atoms. The molecule has 6 nitrogen and oxygen atoms in total. The van der Waals surface area contributed by atoms with Crippen molar-refractivity contribution in [3.63, 3.8) is 0 Å². The average Bonchev–Trinajstić information content (AvgIpc) is 2.77. The Morgan fingerprint density at radius 3 is 2.48 bits per heavy atom. The van der Waals surface area contributed by atoms with E-state index in [0.29, 0.717) is 16.8 Å². The van der Waals surface area contributed by atoms with E-state index in [1.54, 1.807) is 30.8 Å². The van der Waals surface area contributed by atoms with Gasteiger partial charge in [0, 0.05) is 17.4 Å². The number of carbonyl (C=O) groups is 2. The number of nitrogens with one attached hydrogen (secondary N) is 3. The molecule has 2 aromatic rings. The smallest absolute Gasteiger partial charge is 0.336 e. The molecule has 3 N–H and O–H groups in total. The van der Waals surface area contributed by atoms with Crippen LogP contribution in [0.1, 0.15) is 24.0 Å². The predicted molar refractivity (Wildman–Crippen MR) is 117 cm³/mol. The summed E-state index contributed by atoms with van der Waals surface area (Å²) >= 11 is 1.58. The third-order valence-electron chi connectivity index (χ3n) is 5.61. The lowest BCUT2D eigenvalue weighted by Gasteiger charge is -2.45. The number of halogens is 1. The number of amides is 1. The molecule has 8 heteroatoms. The van der Waals surface area contributed by atoms with Crippen molar-refractivity contribution in [3.05, 3.63) is 82.8 Å². The zero-order chi connectivity index (χ0) is 22.0. The molecule has 4 rings (SSSR count). The van der Waals surface area contributed by atoms with Crippen LogP contribution in [0.3, 0.4) is 0 Å². The third-order valence-corrected chi connectivity index (χ3v) is 6.69. The summed E-state index contributed by atoms with van der Waals surface area (Å²) in [4.78, 5) is 25.8. The molecule has 0 saturated carbocycles. The molecular weight excluding hydrogens is 417 g/mol. The van der Waals surface area contributed by atoms with Crippen molar-refractivity contribution in [2.75, 3.05) is 7.11 Å². The molecule has 2 aliphatic heterocycles. The zero-order valence-electron chi connectivity index (χ0n) is 17.2. The van der Waals surface area contributed by atoms with Gasteiger partial charge in [0.05, 0.1) is 24.8 Å². The first-order valence-corrected chi connectivity index (χ1v) is 11.1. The molecule has 2 aliphatic rings. The number of ether oxygens (including phenoxy) is 1. The third kappa shape index (κ3) is 4.45. The quantitative estimate of drug-likeness (QED) is 0.620. The van der Waals surface area contributed by atoms with Gasteiger partial charge in [0.25, 0.3) is 0 Å². The number of hydrogen-bond donors (Lipinski definition) is 3. The Labute approximate surface area is 184 Å². The lowest BCUT2D eigenvalue weighted by atomic mass is 9.74. The number of methoxy groups -OCH3 is 1. The van der Waals surface area contributed by atoms with Gasteiger partial charge >= 0.3 is 5.97 Å². The first-order chi connectivity index (χ1) is 15.0. The minimum atomic E-state index is -0.600. The largest absolute Gasteiger partial charge is 0.466 e. The number of allylic oxidation sites excluding steroid dienone is 1. The Kier molecular flexibility index (Phi) is 6.29. The van der Waals surface area contributed by atoms with Crippen molar-refractivity contribution in [2.24, 2.45) is 5.92 Å². The average molecular weight is 442 g/mol. The first-order valence-electron chi connectivity index (χ1n) is 10.0. The number of thioether (sulfide) groups is 1. The standard InChI is InChI=1S/C23H24FN3O3S/c1-13-17(22(29)30-2)18(15-8-10-16(24)11-9-15)19-20(25-13)26-23(27-21(19)28)31-12-14-6-4-3-5-7-14/h3-11,18-20,23,25-26H,12H2,1-2H3,(H,27,28). The second kappa shape index (κ2) is 9.11. The Bertz CT molecular complexity index is 997. The van der Waals surface area contributed by atoms with Crippen molar-refractivity contribution in [1.29, 1.82) is 0 Å². The molecule has 2 heterocycles. The van der Waals surface area contributed by atoms with Crippen LogP contribution in [-0.2, 0) is 20.1 Å². The van der Waals surface area contributed by atoms with Gasteiger partial charge in [-0.1, -0.05) is 42.5 Å². The minimum absolute atomic E-state index is 0.176. The fraction of sp³-hybridized carbons (Fsp3) is 0.304. The summed E-state index contributed by atoms with van der Waals surface area (Å²) < 4.78 is 18.5. The Balaban J connectivity index is 1.61. The van der Waals surface area contributed by atoms with Crippen LogP contribution in [0.5, 0.6) is 0 Å². The van der Waals surface area contributed by atoms with Crippen LogP contribution in [0.25, 0.3) is 0 Å². The monoisotopic (exact) mass is 441 g/mol. The Morgan fingerprint density at radius 1 is 1.10 bits per heavy atom. The molecule has 1 saturated heterocycles. The Morgan fingerprint density at radius 2 is 1.81 bits per heavy atom. The number of esters is 1. The van der Waals surface area contributed by atoms with E-state index in [4.69, 9.17) is 4.74 Å². The van der Waals surface area contributed by atoms with Crippen LogP contribution in [0.15, 0.2) is 65.9 Å². The van der Waals surface area contributed by atoms with Gasteiger partial charge in [-0.25, -0.2) is 9.18 Å². The molecule has 0 spiro atoms. The number of fused-ring (bicyclic) bond motifs is 1. The topological polar surface area (TPSA) is 79.5 Å². The van der Waals surface area contributed by atoms with Crippen molar-refractivity contribution < 1.29 is 18.7 Å². The van der Waals surface area contributed by atoms with Gasteiger partial charge in [0.2, 0.25) is 5.91 Å². The fourth-order valence-electron chi connectivity index (χ4n) is 4.16. The van der Waals surface area contributed by atoms with E-state index in [0.717, 1.165) is 11.3 Å². The summed E-state index contributed by atoms with van der Waals surface area (Å²) in [5.74, 6) is -1.49. The van der Waals surface area contributed by atoms with Crippen LogP contribution in [0.2, 0.25) is 0 Å². The summed E-state index contributed by atoms with van der Waals surface area (Å²) in [5.41, 5.74) is 2.57. The van der Waals surface area contributed by atoms with Crippen LogP contribution >= 0.6 is 11.8 Å². The van der Waals surface area contributed by atoms with Crippen LogP contribution in [-0.4, -0.2) is 30.6 Å². The van der Waals surface area contributed by atoms with Crippen molar-refractivity contribution in [3.8, 4) is 0 Å². The van der Waals surface area contributed by atoms with E-state index in [1.165, 1.54) is 19.2 Å². The molecule has 4 atom stereocenters. The SMILES string of the molecule is COC(=O)C1=C(C)NC2NC(SCc3ccccc3)NC(=O)C2C1c1ccc(F)cc1. The Hall–Kier alpha value is -2.84. The van der Waals surface area contributed by atoms with E-state index >= 15 is 0 Å². The van der Waals surface area contributed by atoms with Gasteiger partial charge in [0.15, 0.2) is 0 Å². The van der Waals surface area contributed by atoms with Gasteiger partial charge in [-0.05, 0) is 30.2 Å². The van der Waals surface area contributed by atoms with E-state index in [-0.39, 0.29) is 23.4 Å². The van der Waals surface area contributed by atoms with E-state index in [1.807, 2.05) is 30.3 Å². The van der Waals surface area contributed by atoms with E-state index in [9.17, 15) is 14.0 Å². The number of carbonyl (C=O) groups excluding carboxylic acids is 2. The molecule has 0 aliphatic carbocycles. The highest BCUT2D eigenvalue weighted by Crippen LogP contribution is 2.40. The molecular formula is C23H24FN3O3S. The summed E-state index contributed by atoms with van der Waals surface area (Å²) in [7, 11) is 1.31. The highest BCUT2D eigenvalue weighted by molar-refractivity contribution is 7.99. The van der Waals surface area contributed by atoms with Crippen LogP contribution in [0, 0.1) is 11.7 Å². The molecule has 162 valence electrons. The number of hydrogen-bond acceptors (Lipinski definition) is 6. The molecule has 0 aromatic heterocycles. The zero-order valence-corrected chi connectivity index (χ0v) is 18.0. The second-order valence-corrected chi connectivity index (χ2v) is 8.65. The van der Waals surface area contributed by atoms with E-state index in [2.05, 4.69) is 16.0 Å². The summed E-state index contributed by atoms with van der Waals surface area (Å²) in [5, 5.41) is 9.72. The maximum atomic E-state index is 13.5. The second-order valence-electron chi connectivity index (χ2n) is 7.56. The van der Waals surface area contributed by atoms with Crippen molar-refractivity contribution >= 4 is 23.6 Å². The minimum Gasteiger partial charge on any atom is -0.466 e. The maximum absolute atomic E-state index is 13.5. The van der Waals surface area contributed by atoms with E-state index < -0.39 is 17.8 Å². The van der Waals surface area contributed by atoms with Crippen LogP contribution in [0.4, 0.5) is 4.39 Å². The highest BCUT2D eigenvalue weighted by atomic mass is 32.2. The molecule has 31 heavy (non-hydrogen) atoms. The van der Waals surface area contributed by atoms with Crippen molar-refractivity contribution in [2.45, 2.75) is 30.3 Å². The van der Waals surface area contributed by atoms with Gasteiger partial charge in [-0.15, -0.1) is 11.8 Å². The van der Waals surface area contributed by atoms with Crippen molar-refractivity contribution in [1.82, 2.24) is 16.0 Å². The van der Waals surface area contributed by atoms with Gasteiger partial charge in [-0.3, -0.25) is 10.1 Å². The summed E-state index contributed by atoms with van der Waals surface area (Å²) in [6, 6.07) is 15.9.